The van der Waals surface area contributed by atoms with Gasteiger partial charge in [-0.1, -0.05) is 35.7 Å². The van der Waals surface area contributed by atoms with Gasteiger partial charge in [-0.25, -0.2) is 9.97 Å². The van der Waals surface area contributed by atoms with Crippen molar-refractivity contribution in [2.45, 2.75) is 12.8 Å². The molecule has 0 saturated carbocycles. The zero-order valence-corrected chi connectivity index (χ0v) is 20.7. The summed E-state index contributed by atoms with van der Waals surface area (Å²) in [6, 6.07) is 11.6. The molecule has 2 aliphatic rings. The molecule has 2 aliphatic heterocycles. The van der Waals surface area contributed by atoms with Crippen LogP contribution in [0.4, 0.5) is 11.6 Å². The van der Waals surface area contributed by atoms with Crippen LogP contribution in [0, 0.1) is 30.6 Å². The van der Waals surface area contributed by atoms with Crippen LogP contribution in [0.5, 0.6) is 0 Å². The van der Waals surface area contributed by atoms with Crippen molar-refractivity contribution >= 4 is 45.5 Å². The van der Waals surface area contributed by atoms with Crippen molar-refractivity contribution in [2.75, 3.05) is 35.2 Å². The molecule has 0 saturated heterocycles. The molecule has 0 atom stereocenters. The largest absolute Gasteiger partial charge is 2.00 e. The van der Waals surface area contributed by atoms with Crippen molar-refractivity contribution < 1.29 is 27.2 Å². The predicted octanol–water partition coefficient (Wildman–Crippen LogP) is 3.49. The number of nitrogens with one attached hydrogen (secondary N) is 2. The predicted molar refractivity (Wildman–Crippen MR) is 135 cm³/mol. The quantitative estimate of drug-likeness (QED) is 0.300. The number of anilines is 2. The molecule has 1 radical (unpaired) electrons. The minimum absolute atomic E-state index is 0. The molecule has 0 fully saturated rings. The Morgan fingerprint density at radius 2 is 1.09 bits per heavy atom. The zero-order valence-electron chi connectivity index (χ0n) is 18.1. The molecule has 0 aromatic carbocycles. The molecule has 14 nitrogen and oxygen atoms in total. The monoisotopic (exact) mass is 573 g/mol. The van der Waals surface area contributed by atoms with Gasteiger partial charge in [0.1, 0.15) is 11.6 Å². The van der Waals surface area contributed by atoms with Crippen LogP contribution in [0.1, 0.15) is 12.8 Å². The second-order valence-corrected chi connectivity index (χ2v) is 8.07. The molecule has 0 bridgehead atoms. The molecule has 2 N–H and O–H groups in total. The average Bonchev–Trinajstić information content (AvgIpc) is 2.82. The summed E-state index contributed by atoms with van der Waals surface area (Å²) >= 11 is 3.51. The molecule has 35 heavy (non-hydrogen) atoms. The topological polar surface area (TPSA) is 207 Å². The Balaban J connectivity index is 0.000000499. The fraction of sp³-hybridized carbons (Fsp3) is 0.333. The number of rotatable bonds is 2. The van der Waals surface area contributed by atoms with E-state index in [4.69, 9.17) is 30.6 Å². The van der Waals surface area contributed by atoms with E-state index < -0.39 is 10.2 Å². The van der Waals surface area contributed by atoms with Gasteiger partial charge in [-0.05, 0) is 37.1 Å². The molecule has 0 amide bonds. The Labute approximate surface area is 219 Å². The Hall–Kier alpha value is -3.14. The number of amidine groups is 2. The Bertz CT molecular complexity index is 844. The number of nitrogens with zero attached hydrogens (tertiary/aromatic N) is 6. The van der Waals surface area contributed by atoms with Crippen molar-refractivity contribution in [1.82, 2.24) is 9.97 Å². The van der Waals surface area contributed by atoms with E-state index in [0.717, 1.165) is 46.6 Å². The number of pyridine rings is 2. The van der Waals surface area contributed by atoms with Gasteiger partial charge in [0.05, 0.1) is 10.2 Å². The van der Waals surface area contributed by atoms with Crippen molar-refractivity contribution in [3.63, 3.8) is 0 Å². The maximum Gasteiger partial charge on any atom is 2.00 e. The van der Waals surface area contributed by atoms with Gasteiger partial charge in [-0.15, -0.1) is 0 Å². The van der Waals surface area contributed by atoms with Crippen LogP contribution in [0.3, 0.4) is 0 Å². The first-order valence-corrected chi connectivity index (χ1v) is 11.7. The summed E-state index contributed by atoms with van der Waals surface area (Å²) in [6.07, 6.45) is 5.91. The molecule has 4 heterocycles. The van der Waals surface area contributed by atoms with Gasteiger partial charge < -0.3 is 41.3 Å². The average molecular weight is 574 g/mol. The third-order valence-electron chi connectivity index (χ3n) is 3.39. The van der Waals surface area contributed by atoms with Gasteiger partial charge in [0.2, 0.25) is 0 Å². The van der Waals surface area contributed by atoms with Gasteiger partial charge >= 0.3 is 17.1 Å². The molecular formula is C18H22CuN8O6S2. The summed E-state index contributed by atoms with van der Waals surface area (Å²) in [5.74, 6) is 4.04. The minimum atomic E-state index is -1.75. The van der Waals surface area contributed by atoms with E-state index in [9.17, 15) is 0 Å². The van der Waals surface area contributed by atoms with Crippen LogP contribution in [0.2, 0.25) is 0 Å². The summed E-state index contributed by atoms with van der Waals surface area (Å²) in [5.41, 5.74) is 0. The Morgan fingerprint density at radius 1 is 0.714 bits per heavy atom. The van der Waals surface area contributed by atoms with Crippen LogP contribution in [-0.2, 0) is 17.1 Å². The van der Waals surface area contributed by atoms with E-state index in [2.05, 4.69) is 30.6 Å². The zero-order chi connectivity index (χ0) is 25.0. The molecule has 193 valence electrons. The molecule has 0 spiro atoms. The third kappa shape index (κ3) is 18.9. The molecule has 17 heteroatoms. The first-order chi connectivity index (χ1) is 16.4. The SMILES string of the molecule is O=[N+]([O-])[O-].O=[N+]([O-])[O-].[Cu+2].c1ccc(NC2=NCCCS2)nc1.c1ccc(NC2=NCCCS2)nc1. The van der Waals surface area contributed by atoms with Gasteiger partial charge in [0, 0.05) is 37.0 Å². The van der Waals surface area contributed by atoms with E-state index in [1.165, 1.54) is 12.8 Å². The normalized spacial score (nSPS) is 13.6. The molecular weight excluding hydrogens is 552 g/mol. The summed E-state index contributed by atoms with van der Waals surface area (Å²) in [6.45, 7) is 1.87. The fourth-order valence-electron chi connectivity index (χ4n) is 2.16. The molecule has 2 aromatic rings. The molecule has 2 aromatic heterocycles. The number of hydrogen-bond donors (Lipinski definition) is 2. The van der Waals surface area contributed by atoms with E-state index in [1.807, 2.05) is 36.4 Å². The number of hydrogen-bond acceptors (Lipinski definition) is 14. The van der Waals surface area contributed by atoms with Gasteiger partial charge in [-0.3, -0.25) is 9.98 Å². The Morgan fingerprint density at radius 3 is 1.34 bits per heavy atom. The van der Waals surface area contributed by atoms with E-state index in [1.54, 1.807) is 35.9 Å². The number of aromatic nitrogens is 2. The second kappa shape index (κ2) is 20.3. The molecule has 0 unspecified atom stereocenters. The van der Waals surface area contributed by atoms with Crippen LogP contribution in [0.25, 0.3) is 0 Å². The number of aliphatic imine (C=N–C) groups is 2. The first kappa shape index (κ1) is 31.9. The summed E-state index contributed by atoms with van der Waals surface area (Å²) in [5, 5.41) is 37.8. The Kier molecular flexibility index (Phi) is 18.4. The third-order valence-corrected chi connectivity index (χ3v) is 5.39. The van der Waals surface area contributed by atoms with Crippen LogP contribution in [0.15, 0.2) is 58.8 Å². The van der Waals surface area contributed by atoms with Crippen molar-refractivity contribution in [3.05, 3.63) is 79.4 Å². The summed E-state index contributed by atoms with van der Waals surface area (Å²) in [7, 11) is 0. The van der Waals surface area contributed by atoms with E-state index >= 15 is 0 Å². The molecule has 0 aliphatic carbocycles. The van der Waals surface area contributed by atoms with Gasteiger partial charge in [0.25, 0.3) is 0 Å². The van der Waals surface area contributed by atoms with E-state index in [-0.39, 0.29) is 17.1 Å². The second-order valence-electron chi connectivity index (χ2n) is 5.90. The standard InChI is InChI=1S/2C9H11N3S.Cu.2NO3/c2*1-2-5-10-8(4-1)12-9-11-6-3-7-13-9;;2*2-1(3)4/h2*1-2,4-5H,3,6-7H2,(H,10,11,12);;;/q;;+2;2*-1. The van der Waals surface area contributed by atoms with Crippen LogP contribution >= 0.6 is 23.5 Å². The fourth-order valence-corrected chi connectivity index (χ4v) is 3.82. The smallest absolute Gasteiger partial charge is 0.356 e. The van der Waals surface area contributed by atoms with Crippen LogP contribution < -0.4 is 10.6 Å². The maximum atomic E-state index is 8.25. The van der Waals surface area contributed by atoms with Crippen molar-refractivity contribution in [3.8, 4) is 0 Å². The molecule has 4 rings (SSSR count). The minimum Gasteiger partial charge on any atom is -0.356 e. The van der Waals surface area contributed by atoms with Gasteiger partial charge in [-0.2, -0.15) is 0 Å². The maximum absolute atomic E-state index is 8.25. The summed E-state index contributed by atoms with van der Waals surface area (Å²) in [4.78, 5) is 33.5. The van der Waals surface area contributed by atoms with Crippen molar-refractivity contribution in [1.29, 1.82) is 0 Å². The van der Waals surface area contributed by atoms with Gasteiger partial charge in [0.15, 0.2) is 10.3 Å². The van der Waals surface area contributed by atoms with Crippen molar-refractivity contribution in [2.24, 2.45) is 9.98 Å². The summed E-state index contributed by atoms with van der Waals surface area (Å²) < 4.78 is 0. The van der Waals surface area contributed by atoms with E-state index in [0.29, 0.717) is 0 Å². The van der Waals surface area contributed by atoms with Crippen LogP contribution in [-0.4, -0.2) is 55.1 Å². The first-order valence-electron chi connectivity index (χ1n) is 9.70. The number of thioether (sulfide) groups is 2.